The van der Waals surface area contributed by atoms with Crippen LogP contribution in [-0.4, -0.2) is 5.78 Å². The average Bonchev–Trinajstić information content (AvgIpc) is 2.00. The van der Waals surface area contributed by atoms with Crippen LogP contribution in [0.3, 0.4) is 0 Å². The second-order valence-electron chi connectivity index (χ2n) is 6.88. The van der Waals surface area contributed by atoms with E-state index in [0.717, 1.165) is 12.8 Å². The van der Waals surface area contributed by atoms with Gasteiger partial charge in [0.1, 0.15) is 5.78 Å². The van der Waals surface area contributed by atoms with Crippen LogP contribution in [0.25, 0.3) is 0 Å². The minimum Gasteiger partial charge on any atom is -0.299 e. The van der Waals surface area contributed by atoms with Gasteiger partial charge in [0, 0.05) is 12.3 Å². The fourth-order valence-electron chi connectivity index (χ4n) is 2.49. The molecule has 0 bridgehead atoms. The predicted molar refractivity (Wildman–Crippen MR) is 64.7 cm³/mol. The first-order valence-electron chi connectivity index (χ1n) is 6.19. The molecule has 2 atom stereocenters. The second kappa shape index (κ2) is 3.92. The van der Waals surface area contributed by atoms with Crippen molar-refractivity contribution in [2.24, 2.45) is 22.7 Å². The first-order valence-corrected chi connectivity index (χ1v) is 6.19. The van der Waals surface area contributed by atoms with Gasteiger partial charge in [0.25, 0.3) is 0 Å². The van der Waals surface area contributed by atoms with Crippen molar-refractivity contribution in [2.45, 2.75) is 60.8 Å². The first-order chi connectivity index (χ1) is 6.66. The van der Waals surface area contributed by atoms with Crippen molar-refractivity contribution >= 4 is 5.78 Å². The number of Topliss-reactive ketones (excluding diaryl/α,β-unsaturated/α-hetero) is 1. The molecule has 0 aromatic heterocycles. The molecule has 1 rings (SSSR count). The Bertz CT molecular complexity index is 245. The van der Waals surface area contributed by atoms with Crippen molar-refractivity contribution in [1.82, 2.24) is 0 Å². The minimum atomic E-state index is 0.115. The Kier molecular flexibility index (Phi) is 3.33. The van der Waals surface area contributed by atoms with Gasteiger partial charge in [0.05, 0.1) is 0 Å². The Morgan fingerprint density at radius 1 is 1.07 bits per heavy atom. The molecule has 1 aliphatic carbocycles. The SMILES string of the molecule is CC1CCC(C(C)(C)C(C)(C)C)C(=O)C1. The maximum absolute atomic E-state index is 12.1. The van der Waals surface area contributed by atoms with Crippen LogP contribution in [0.4, 0.5) is 0 Å². The molecule has 0 spiro atoms. The molecule has 0 aromatic carbocycles. The van der Waals surface area contributed by atoms with Gasteiger partial charge in [0.15, 0.2) is 0 Å². The summed E-state index contributed by atoms with van der Waals surface area (Å²) < 4.78 is 0. The van der Waals surface area contributed by atoms with Gasteiger partial charge in [-0.15, -0.1) is 0 Å². The highest BCUT2D eigenvalue weighted by Gasteiger charge is 2.44. The Morgan fingerprint density at radius 3 is 2.00 bits per heavy atom. The molecular formula is C14H26O. The summed E-state index contributed by atoms with van der Waals surface area (Å²) in [6, 6.07) is 0. The highest BCUT2D eigenvalue weighted by molar-refractivity contribution is 5.82. The van der Waals surface area contributed by atoms with Gasteiger partial charge in [-0.05, 0) is 29.6 Å². The standard InChI is InChI=1S/C14H26O/c1-10-7-8-11(12(15)9-10)14(5,6)13(2,3)4/h10-11H,7-9H2,1-6H3. The Hall–Kier alpha value is -0.330. The third kappa shape index (κ3) is 2.43. The smallest absolute Gasteiger partial charge is 0.136 e. The summed E-state index contributed by atoms with van der Waals surface area (Å²) in [7, 11) is 0. The molecule has 0 amide bonds. The Morgan fingerprint density at radius 2 is 1.60 bits per heavy atom. The van der Waals surface area contributed by atoms with Crippen LogP contribution in [0.1, 0.15) is 60.8 Å². The van der Waals surface area contributed by atoms with Crippen molar-refractivity contribution in [2.75, 3.05) is 0 Å². The normalized spacial score (nSPS) is 29.3. The van der Waals surface area contributed by atoms with E-state index >= 15 is 0 Å². The van der Waals surface area contributed by atoms with Crippen molar-refractivity contribution in [3.8, 4) is 0 Å². The van der Waals surface area contributed by atoms with E-state index in [1.807, 2.05) is 0 Å². The first kappa shape index (κ1) is 12.7. The van der Waals surface area contributed by atoms with Crippen LogP contribution < -0.4 is 0 Å². The topological polar surface area (TPSA) is 17.1 Å². The monoisotopic (exact) mass is 210 g/mol. The molecule has 1 nitrogen and oxygen atoms in total. The van der Waals surface area contributed by atoms with Crippen LogP contribution in [0.15, 0.2) is 0 Å². The van der Waals surface area contributed by atoms with Crippen LogP contribution in [0.2, 0.25) is 0 Å². The molecule has 0 radical (unpaired) electrons. The zero-order valence-corrected chi connectivity index (χ0v) is 11.2. The van der Waals surface area contributed by atoms with Crippen LogP contribution in [0.5, 0.6) is 0 Å². The molecule has 15 heavy (non-hydrogen) atoms. The van der Waals surface area contributed by atoms with Crippen LogP contribution in [0, 0.1) is 22.7 Å². The van der Waals surface area contributed by atoms with E-state index in [9.17, 15) is 4.79 Å². The molecule has 1 fully saturated rings. The minimum absolute atomic E-state index is 0.115. The van der Waals surface area contributed by atoms with Crippen molar-refractivity contribution in [3.05, 3.63) is 0 Å². The molecule has 1 heteroatoms. The number of carbonyl (C=O) groups excluding carboxylic acids is 1. The van der Waals surface area contributed by atoms with E-state index in [1.165, 1.54) is 6.42 Å². The Labute approximate surface area is 94.6 Å². The average molecular weight is 210 g/mol. The second-order valence-corrected chi connectivity index (χ2v) is 6.88. The molecule has 1 saturated carbocycles. The number of rotatable bonds is 1. The lowest BCUT2D eigenvalue weighted by atomic mass is 9.57. The Balaban J connectivity index is 2.84. The fourth-order valence-corrected chi connectivity index (χ4v) is 2.49. The van der Waals surface area contributed by atoms with Gasteiger partial charge < -0.3 is 0 Å². The van der Waals surface area contributed by atoms with Gasteiger partial charge in [-0.3, -0.25) is 4.79 Å². The van der Waals surface area contributed by atoms with Gasteiger partial charge in [-0.25, -0.2) is 0 Å². The van der Waals surface area contributed by atoms with Gasteiger partial charge in [-0.1, -0.05) is 41.5 Å². The summed E-state index contributed by atoms with van der Waals surface area (Å²) in [4.78, 5) is 12.1. The molecule has 0 aromatic rings. The quantitative estimate of drug-likeness (QED) is 0.637. The summed E-state index contributed by atoms with van der Waals surface area (Å²) in [6.07, 6.45) is 3.10. The fraction of sp³-hybridized carbons (Fsp3) is 0.929. The molecule has 0 aliphatic heterocycles. The van der Waals surface area contributed by atoms with E-state index in [1.54, 1.807) is 0 Å². The largest absolute Gasteiger partial charge is 0.299 e. The highest BCUT2D eigenvalue weighted by Crippen LogP contribution is 2.48. The third-order valence-corrected chi connectivity index (χ3v) is 4.69. The summed E-state index contributed by atoms with van der Waals surface area (Å²) in [5, 5.41) is 0. The zero-order valence-electron chi connectivity index (χ0n) is 11.2. The molecular weight excluding hydrogens is 184 g/mol. The van der Waals surface area contributed by atoms with Crippen molar-refractivity contribution in [3.63, 3.8) is 0 Å². The lowest BCUT2D eigenvalue weighted by Crippen LogP contribution is -2.43. The van der Waals surface area contributed by atoms with E-state index in [0.29, 0.717) is 11.7 Å². The maximum atomic E-state index is 12.1. The summed E-state index contributed by atoms with van der Waals surface area (Å²) in [5.74, 6) is 1.37. The molecule has 0 heterocycles. The lowest BCUT2D eigenvalue weighted by Gasteiger charge is -2.46. The van der Waals surface area contributed by atoms with E-state index in [4.69, 9.17) is 0 Å². The molecule has 2 unspecified atom stereocenters. The third-order valence-electron chi connectivity index (χ3n) is 4.69. The zero-order chi connectivity index (χ0) is 11.9. The van der Waals surface area contributed by atoms with Crippen molar-refractivity contribution < 1.29 is 4.79 Å². The van der Waals surface area contributed by atoms with Gasteiger partial charge >= 0.3 is 0 Å². The van der Waals surface area contributed by atoms with E-state index in [-0.39, 0.29) is 16.7 Å². The van der Waals surface area contributed by atoms with Gasteiger partial charge in [0.2, 0.25) is 0 Å². The molecule has 1 aliphatic rings. The number of carbonyl (C=O) groups is 1. The number of hydrogen-bond acceptors (Lipinski definition) is 1. The van der Waals surface area contributed by atoms with Crippen molar-refractivity contribution in [1.29, 1.82) is 0 Å². The number of hydrogen-bond donors (Lipinski definition) is 0. The highest BCUT2D eigenvalue weighted by atomic mass is 16.1. The van der Waals surface area contributed by atoms with E-state index in [2.05, 4.69) is 41.5 Å². The molecule has 0 saturated heterocycles. The summed E-state index contributed by atoms with van der Waals surface area (Å²) in [6.45, 7) is 13.4. The van der Waals surface area contributed by atoms with E-state index < -0.39 is 0 Å². The van der Waals surface area contributed by atoms with Crippen LogP contribution in [-0.2, 0) is 4.79 Å². The lowest BCUT2D eigenvalue weighted by molar-refractivity contribution is -0.133. The molecule has 88 valence electrons. The summed E-state index contributed by atoms with van der Waals surface area (Å²) in [5.41, 5.74) is 0.318. The summed E-state index contributed by atoms with van der Waals surface area (Å²) >= 11 is 0. The van der Waals surface area contributed by atoms with Gasteiger partial charge in [-0.2, -0.15) is 0 Å². The number of ketones is 1. The molecule has 0 N–H and O–H groups in total. The maximum Gasteiger partial charge on any atom is 0.136 e. The predicted octanol–water partition coefficient (Wildman–Crippen LogP) is 4.06. The van der Waals surface area contributed by atoms with Crippen LogP contribution >= 0.6 is 0 Å².